The minimum absolute atomic E-state index is 0. The van der Waals surface area contributed by atoms with Crippen LogP contribution in [0.3, 0.4) is 0 Å². The van der Waals surface area contributed by atoms with Gasteiger partial charge < -0.3 is 15.8 Å². The molecule has 0 bridgehead atoms. The molecule has 3 rings (SSSR count). The second-order valence-electron chi connectivity index (χ2n) is 8.36. The minimum Gasteiger partial charge on any atom is -0.496 e. The summed E-state index contributed by atoms with van der Waals surface area (Å²) in [6, 6.07) is 13.5. The zero-order valence-electron chi connectivity index (χ0n) is 18.7. The molecule has 1 amide bonds. The Hall–Kier alpha value is -2.29. The molecule has 0 spiro atoms. The first-order chi connectivity index (χ1) is 14.7. The van der Waals surface area contributed by atoms with Crippen molar-refractivity contribution < 1.29 is 17.9 Å². The van der Waals surface area contributed by atoms with Crippen molar-refractivity contribution in [2.75, 3.05) is 25.1 Å². The number of halogens is 1. The number of anilines is 1. The summed E-state index contributed by atoms with van der Waals surface area (Å²) in [5.74, 6) is 0.473. The maximum atomic E-state index is 12.5. The summed E-state index contributed by atoms with van der Waals surface area (Å²) >= 11 is 0. The number of methoxy groups -OCH3 is 1. The summed E-state index contributed by atoms with van der Waals surface area (Å²) in [6.45, 7) is 0. The lowest BCUT2D eigenvalue weighted by Gasteiger charge is -2.38. The summed E-state index contributed by atoms with van der Waals surface area (Å²) in [7, 11) is 0.251. The Morgan fingerprint density at radius 1 is 1.12 bits per heavy atom. The van der Waals surface area contributed by atoms with Crippen LogP contribution in [-0.2, 0) is 21.2 Å². The van der Waals surface area contributed by atoms with Crippen LogP contribution in [0.5, 0.6) is 5.75 Å². The maximum absolute atomic E-state index is 12.5. The molecule has 1 saturated carbocycles. The largest absolute Gasteiger partial charge is 0.496 e. The molecule has 1 aliphatic carbocycles. The fourth-order valence-electron chi connectivity index (χ4n) is 4.38. The number of carbonyl (C=O) groups excluding carboxylic acids is 1. The first-order valence-corrected chi connectivity index (χ1v) is 12.3. The molecular weight excluding hydrogens is 450 g/mol. The number of carbonyl (C=O) groups is 1. The fraction of sp³-hybridized carbons (Fsp3) is 0.435. The van der Waals surface area contributed by atoms with E-state index in [9.17, 15) is 13.2 Å². The van der Waals surface area contributed by atoms with Gasteiger partial charge in [0, 0.05) is 11.7 Å². The highest BCUT2D eigenvalue weighted by Crippen LogP contribution is 2.41. The van der Waals surface area contributed by atoms with Crippen LogP contribution in [0.15, 0.2) is 42.5 Å². The van der Waals surface area contributed by atoms with Gasteiger partial charge in [-0.3, -0.25) is 9.52 Å². The van der Waals surface area contributed by atoms with Gasteiger partial charge in [0.15, 0.2) is 0 Å². The molecule has 1 aliphatic rings. The molecule has 0 aliphatic heterocycles. The predicted octanol–water partition coefficient (Wildman–Crippen LogP) is 3.33. The molecule has 4 N–H and O–H groups in total. The van der Waals surface area contributed by atoms with Crippen molar-refractivity contribution in [2.45, 2.75) is 38.1 Å². The number of nitrogens with two attached hydrogens (primary N) is 1. The normalized spacial score (nSPS) is 20.8. The average Bonchev–Trinajstić information content (AvgIpc) is 2.73. The van der Waals surface area contributed by atoms with Crippen LogP contribution in [-0.4, -0.2) is 40.8 Å². The number of rotatable bonds is 8. The number of hydrogen-bond acceptors (Lipinski definition) is 5. The van der Waals surface area contributed by atoms with Crippen molar-refractivity contribution >= 4 is 34.0 Å². The predicted molar refractivity (Wildman–Crippen MR) is 131 cm³/mol. The van der Waals surface area contributed by atoms with Crippen molar-refractivity contribution in [3.63, 3.8) is 0 Å². The molecule has 2 aromatic carbocycles. The van der Waals surface area contributed by atoms with E-state index in [1.165, 1.54) is 0 Å². The van der Waals surface area contributed by atoms with Crippen LogP contribution in [0.2, 0.25) is 0 Å². The Bertz CT molecular complexity index is 1030. The first-order valence-electron chi connectivity index (χ1n) is 10.4. The molecule has 0 saturated heterocycles. The number of sulfonamides is 1. The number of amides is 1. The molecule has 0 aromatic heterocycles. The quantitative estimate of drug-likeness (QED) is 0.535. The van der Waals surface area contributed by atoms with Crippen LogP contribution in [0.4, 0.5) is 5.69 Å². The third-order valence-corrected chi connectivity index (χ3v) is 6.81. The average molecular weight is 482 g/mol. The van der Waals surface area contributed by atoms with Gasteiger partial charge in [0.2, 0.25) is 15.9 Å². The van der Waals surface area contributed by atoms with E-state index in [4.69, 9.17) is 10.5 Å². The lowest BCUT2D eigenvalue weighted by Crippen LogP contribution is -2.45. The van der Waals surface area contributed by atoms with Gasteiger partial charge in [-0.15, -0.1) is 12.4 Å². The van der Waals surface area contributed by atoms with E-state index in [0.717, 1.165) is 54.4 Å². The minimum atomic E-state index is -3.32. The van der Waals surface area contributed by atoms with Crippen LogP contribution in [0, 0.1) is 5.41 Å². The van der Waals surface area contributed by atoms with Gasteiger partial charge in [-0.05, 0) is 80.1 Å². The molecular formula is C23H32ClN3O4S. The standard InChI is InChI=1S/C23H31N3O4S.ClH/c1-25-19-10-12-23(13-11-19,22(24)27)15-18-14-17(6-9-21(18)30-2)16-4-7-20(8-5-16)26-31(3,28)29;/h4-9,14,19,25-26H,10-13,15H2,1-3H3,(H2,24,27);1H. The van der Waals surface area contributed by atoms with Crippen LogP contribution < -0.4 is 20.5 Å². The molecule has 0 radical (unpaired) electrons. The van der Waals surface area contributed by atoms with E-state index in [2.05, 4.69) is 10.0 Å². The van der Waals surface area contributed by atoms with Crippen molar-refractivity contribution in [1.82, 2.24) is 5.32 Å². The van der Waals surface area contributed by atoms with Gasteiger partial charge in [0.05, 0.1) is 18.8 Å². The number of primary amides is 1. The van der Waals surface area contributed by atoms with Gasteiger partial charge >= 0.3 is 0 Å². The topological polar surface area (TPSA) is 111 Å². The lowest BCUT2D eigenvalue weighted by molar-refractivity contribution is -0.129. The van der Waals surface area contributed by atoms with Gasteiger partial charge in [-0.2, -0.15) is 0 Å². The number of benzene rings is 2. The number of nitrogens with one attached hydrogen (secondary N) is 2. The van der Waals surface area contributed by atoms with E-state index in [1.807, 2.05) is 37.4 Å². The van der Waals surface area contributed by atoms with E-state index >= 15 is 0 Å². The summed E-state index contributed by atoms with van der Waals surface area (Å²) in [5.41, 5.74) is 8.66. The molecule has 9 heteroatoms. The van der Waals surface area contributed by atoms with Crippen molar-refractivity contribution in [3.8, 4) is 16.9 Å². The smallest absolute Gasteiger partial charge is 0.229 e. The Balaban J connectivity index is 0.00000363. The Kier molecular flexibility index (Phi) is 8.56. The lowest BCUT2D eigenvalue weighted by atomic mass is 9.68. The molecule has 0 unspecified atom stereocenters. The zero-order valence-corrected chi connectivity index (χ0v) is 20.3. The third kappa shape index (κ3) is 6.15. The van der Waals surface area contributed by atoms with Crippen molar-refractivity contribution in [2.24, 2.45) is 11.1 Å². The summed E-state index contributed by atoms with van der Waals surface area (Å²) < 4.78 is 30.9. The second kappa shape index (κ2) is 10.6. The molecule has 2 aromatic rings. The number of hydrogen-bond donors (Lipinski definition) is 3. The van der Waals surface area contributed by atoms with Gasteiger partial charge in [-0.1, -0.05) is 18.2 Å². The third-order valence-electron chi connectivity index (χ3n) is 6.20. The van der Waals surface area contributed by atoms with E-state index in [0.29, 0.717) is 18.2 Å². The van der Waals surface area contributed by atoms with Crippen LogP contribution in [0.25, 0.3) is 11.1 Å². The molecule has 32 heavy (non-hydrogen) atoms. The Labute approximate surface area is 196 Å². The first kappa shape index (κ1) is 26.0. The summed E-state index contributed by atoms with van der Waals surface area (Å²) in [5, 5.41) is 3.30. The van der Waals surface area contributed by atoms with Crippen LogP contribution >= 0.6 is 12.4 Å². The van der Waals surface area contributed by atoms with Crippen molar-refractivity contribution in [1.29, 1.82) is 0 Å². The Morgan fingerprint density at radius 2 is 1.72 bits per heavy atom. The zero-order chi connectivity index (χ0) is 22.6. The molecule has 1 fully saturated rings. The van der Waals surface area contributed by atoms with Gasteiger partial charge in [-0.25, -0.2) is 8.42 Å². The SMILES string of the molecule is CNC1CCC(Cc2cc(-c3ccc(NS(C)(=O)=O)cc3)ccc2OC)(C(N)=O)CC1.Cl. The van der Waals surface area contributed by atoms with Gasteiger partial charge in [0.1, 0.15) is 5.75 Å². The van der Waals surface area contributed by atoms with E-state index < -0.39 is 15.4 Å². The molecule has 0 atom stereocenters. The molecule has 7 nitrogen and oxygen atoms in total. The second-order valence-corrected chi connectivity index (χ2v) is 10.1. The van der Waals surface area contributed by atoms with Crippen molar-refractivity contribution in [3.05, 3.63) is 48.0 Å². The van der Waals surface area contributed by atoms with Crippen LogP contribution in [0.1, 0.15) is 31.2 Å². The molecule has 176 valence electrons. The van der Waals surface area contributed by atoms with E-state index in [1.54, 1.807) is 19.2 Å². The highest BCUT2D eigenvalue weighted by Gasteiger charge is 2.40. The monoisotopic (exact) mass is 481 g/mol. The fourth-order valence-corrected chi connectivity index (χ4v) is 4.94. The van der Waals surface area contributed by atoms with Gasteiger partial charge in [0.25, 0.3) is 0 Å². The highest BCUT2D eigenvalue weighted by atomic mass is 35.5. The maximum Gasteiger partial charge on any atom is 0.229 e. The Morgan fingerprint density at radius 3 is 2.22 bits per heavy atom. The van der Waals surface area contributed by atoms with E-state index in [-0.39, 0.29) is 18.3 Å². The number of ether oxygens (including phenoxy) is 1. The molecule has 0 heterocycles. The summed E-state index contributed by atoms with van der Waals surface area (Å²) in [6.07, 6.45) is 4.96. The summed E-state index contributed by atoms with van der Waals surface area (Å²) in [4.78, 5) is 12.5. The highest BCUT2D eigenvalue weighted by molar-refractivity contribution is 7.92.